The molecule has 0 aliphatic heterocycles. The summed E-state index contributed by atoms with van der Waals surface area (Å²) in [6.45, 7) is 0. The first-order chi connectivity index (χ1) is 13.6. The number of esters is 1. The fraction of sp³-hybridized carbons (Fsp3) is 0.0476. The van der Waals surface area contributed by atoms with Gasteiger partial charge in [-0.15, -0.1) is 11.3 Å². The molecule has 2 aromatic heterocycles. The van der Waals surface area contributed by atoms with Gasteiger partial charge in [-0.2, -0.15) is 5.26 Å². The molecule has 3 aromatic rings. The van der Waals surface area contributed by atoms with Gasteiger partial charge in [-0.25, -0.2) is 4.79 Å². The van der Waals surface area contributed by atoms with Crippen LogP contribution in [0, 0.1) is 11.3 Å². The average Bonchev–Trinajstić information content (AvgIpc) is 3.16. The summed E-state index contributed by atoms with van der Waals surface area (Å²) in [6, 6.07) is 16.4. The normalized spacial score (nSPS) is 10.8. The summed E-state index contributed by atoms with van der Waals surface area (Å²) in [5.74, 6) is -1.17. The van der Waals surface area contributed by atoms with Crippen LogP contribution in [0.3, 0.4) is 0 Å². The molecule has 0 aliphatic rings. The van der Waals surface area contributed by atoms with Gasteiger partial charge in [0.2, 0.25) is 0 Å². The van der Waals surface area contributed by atoms with E-state index in [1.54, 1.807) is 30.6 Å². The van der Waals surface area contributed by atoms with Gasteiger partial charge >= 0.3 is 5.97 Å². The molecule has 138 valence electrons. The van der Waals surface area contributed by atoms with Crippen molar-refractivity contribution in [2.75, 3.05) is 12.4 Å². The van der Waals surface area contributed by atoms with Crippen molar-refractivity contribution >= 4 is 34.3 Å². The third-order valence-electron chi connectivity index (χ3n) is 3.80. The number of rotatable bonds is 5. The number of hydrogen-bond acceptors (Lipinski definition) is 6. The molecule has 2 heterocycles. The van der Waals surface area contributed by atoms with E-state index < -0.39 is 11.9 Å². The number of carbonyl (C=O) groups is 2. The number of methoxy groups -OCH3 is 1. The minimum absolute atomic E-state index is 0.0864. The topological polar surface area (TPSA) is 92.1 Å². The Balaban J connectivity index is 1.93. The predicted molar refractivity (Wildman–Crippen MR) is 108 cm³/mol. The zero-order chi connectivity index (χ0) is 19.9. The number of anilines is 1. The molecule has 0 radical (unpaired) electrons. The smallest absolute Gasteiger partial charge is 0.340 e. The Morgan fingerprint density at radius 2 is 1.89 bits per heavy atom. The van der Waals surface area contributed by atoms with Crippen molar-refractivity contribution < 1.29 is 14.3 Å². The second-order valence-corrected chi connectivity index (χ2v) is 6.67. The number of nitrogens with one attached hydrogen (secondary N) is 1. The van der Waals surface area contributed by atoms with Crippen molar-refractivity contribution in [3.8, 4) is 16.5 Å². The Hall–Kier alpha value is -3.76. The van der Waals surface area contributed by atoms with Gasteiger partial charge in [0.1, 0.15) is 16.6 Å². The van der Waals surface area contributed by atoms with Crippen LogP contribution < -0.4 is 5.32 Å². The molecule has 0 saturated carbocycles. The molecule has 0 unspecified atom stereocenters. The summed E-state index contributed by atoms with van der Waals surface area (Å²) < 4.78 is 4.82. The molecule has 1 N–H and O–H groups in total. The number of hydrogen-bond donors (Lipinski definition) is 1. The lowest BCUT2D eigenvalue weighted by atomic mass is 10.1. The summed E-state index contributed by atoms with van der Waals surface area (Å²) in [4.78, 5) is 29.4. The van der Waals surface area contributed by atoms with E-state index >= 15 is 0 Å². The number of nitriles is 1. The Morgan fingerprint density at radius 1 is 1.18 bits per heavy atom. The van der Waals surface area contributed by atoms with Gasteiger partial charge in [-0.05, 0) is 35.4 Å². The maximum Gasteiger partial charge on any atom is 0.340 e. The number of benzene rings is 1. The van der Waals surface area contributed by atoms with E-state index in [-0.39, 0.29) is 11.1 Å². The molecule has 0 atom stereocenters. The molecular formula is C21H15N3O3S. The highest BCUT2D eigenvalue weighted by atomic mass is 32.1. The van der Waals surface area contributed by atoms with Crippen molar-refractivity contribution in [2.45, 2.75) is 0 Å². The highest BCUT2D eigenvalue weighted by Crippen LogP contribution is 2.36. The Labute approximate surface area is 165 Å². The van der Waals surface area contributed by atoms with Crippen LogP contribution in [0.4, 0.5) is 5.00 Å². The lowest BCUT2D eigenvalue weighted by molar-refractivity contribution is -0.112. The SMILES string of the molecule is COC(=O)c1cc(-c2ccccc2)sc1NC(=O)C(C#N)=Cc1ccncc1. The zero-order valence-corrected chi connectivity index (χ0v) is 15.7. The molecule has 1 amide bonds. The monoisotopic (exact) mass is 389 g/mol. The number of nitrogens with zero attached hydrogens (tertiary/aromatic N) is 2. The van der Waals surface area contributed by atoms with Crippen LogP contribution in [0.2, 0.25) is 0 Å². The summed E-state index contributed by atoms with van der Waals surface area (Å²) >= 11 is 1.24. The van der Waals surface area contributed by atoms with E-state index in [4.69, 9.17) is 4.74 Å². The van der Waals surface area contributed by atoms with E-state index in [0.29, 0.717) is 10.6 Å². The molecule has 6 nitrogen and oxygen atoms in total. The van der Waals surface area contributed by atoms with Crippen molar-refractivity contribution in [2.24, 2.45) is 0 Å². The second-order valence-electron chi connectivity index (χ2n) is 5.62. The molecular weight excluding hydrogens is 374 g/mol. The van der Waals surface area contributed by atoms with Crippen molar-refractivity contribution in [3.63, 3.8) is 0 Å². The number of pyridine rings is 1. The van der Waals surface area contributed by atoms with Crippen LogP contribution in [0.25, 0.3) is 16.5 Å². The number of thiophene rings is 1. The highest BCUT2D eigenvalue weighted by Gasteiger charge is 2.20. The third-order valence-corrected chi connectivity index (χ3v) is 4.90. The van der Waals surface area contributed by atoms with E-state index in [2.05, 4.69) is 10.3 Å². The molecule has 3 rings (SSSR count). The molecule has 0 bridgehead atoms. The predicted octanol–water partition coefficient (Wildman–Crippen LogP) is 4.14. The van der Waals surface area contributed by atoms with Gasteiger partial charge in [0.05, 0.1) is 12.7 Å². The Kier molecular flexibility index (Phi) is 5.94. The maximum absolute atomic E-state index is 12.6. The first-order valence-corrected chi connectivity index (χ1v) is 9.04. The van der Waals surface area contributed by atoms with Crippen molar-refractivity contribution in [1.29, 1.82) is 5.26 Å². The molecule has 0 saturated heterocycles. The minimum Gasteiger partial charge on any atom is -0.465 e. The average molecular weight is 389 g/mol. The van der Waals surface area contributed by atoms with Crippen molar-refractivity contribution in [3.05, 3.63) is 77.6 Å². The van der Waals surface area contributed by atoms with Gasteiger partial charge in [0, 0.05) is 17.3 Å². The minimum atomic E-state index is -0.606. The van der Waals surface area contributed by atoms with Crippen LogP contribution in [0.1, 0.15) is 15.9 Å². The number of carbonyl (C=O) groups excluding carboxylic acids is 2. The second kappa shape index (κ2) is 8.75. The van der Waals surface area contributed by atoms with E-state index in [1.807, 2.05) is 36.4 Å². The van der Waals surface area contributed by atoms with Crippen molar-refractivity contribution in [1.82, 2.24) is 4.98 Å². The van der Waals surface area contributed by atoms with Gasteiger partial charge in [0.15, 0.2) is 0 Å². The number of aromatic nitrogens is 1. The van der Waals surface area contributed by atoms with Crippen LogP contribution in [0.5, 0.6) is 0 Å². The summed E-state index contributed by atoms with van der Waals surface area (Å²) in [5, 5.41) is 12.3. The molecule has 0 spiro atoms. The fourth-order valence-corrected chi connectivity index (χ4v) is 3.48. The third kappa shape index (κ3) is 4.31. The molecule has 28 heavy (non-hydrogen) atoms. The van der Waals surface area contributed by atoms with Crippen LogP contribution in [0.15, 0.2) is 66.5 Å². The molecule has 1 aromatic carbocycles. The summed E-state index contributed by atoms with van der Waals surface area (Å²) in [5.41, 5.74) is 1.73. The fourth-order valence-electron chi connectivity index (χ4n) is 2.44. The van der Waals surface area contributed by atoms with Crippen LogP contribution in [-0.2, 0) is 9.53 Å². The lowest BCUT2D eigenvalue weighted by Gasteiger charge is -2.04. The zero-order valence-electron chi connectivity index (χ0n) is 14.9. The van der Waals surface area contributed by atoms with Gasteiger partial charge in [0.25, 0.3) is 5.91 Å². The molecule has 0 aliphatic carbocycles. The summed E-state index contributed by atoms with van der Waals surface area (Å²) in [7, 11) is 1.28. The standard InChI is InChI=1S/C21H15N3O3S/c1-27-21(26)17-12-18(15-5-3-2-4-6-15)28-20(17)24-19(25)16(13-22)11-14-7-9-23-10-8-14/h2-12H,1H3,(H,24,25). The molecule has 7 heteroatoms. The van der Waals surface area contributed by atoms with Crippen LogP contribution >= 0.6 is 11.3 Å². The van der Waals surface area contributed by atoms with Gasteiger partial charge < -0.3 is 10.1 Å². The van der Waals surface area contributed by atoms with E-state index in [1.165, 1.54) is 24.5 Å². The number of ether oxygens (including phenoxy) is 1. The van der Waals surface area contributed by atoms with Crippen LogP contribution in [-0.4, -0.2) is 24.0 Å². The van der Waals surface area contributed by atoms with E-state index in [0.717, 1.165) is 10.4 Å². The lowest BCUT2D eigenvalue weighted by Crippen LogP contribution is -2.15. The highest BCUT2D eigenvalue weighted by molar-refractivity contribution is 7.20. The number of amides is 1. The van der Waals surface area contributed by atoms with Gasteiger partial charge in [-0.1, -0.05) is 30.3 Å². The first-order valence-electron chi connectivity index (χ1n) is 8.23. The molecule has 0 fully saturated rings. The Bertz CT molecular complexity index is 1070. The summed E-state index contributed by atoms with van der Waals surface area (Å²) in [6.07, 6.45) is 4.60. The van der Waals surface area contributed by atoms with E-state index in [9.17, 15) is 14.9 Å². The largest absolute Gasteiger partial charge is 0.465 e. The van der Waals surface area contributed by atoms with Gasteiger partial charge in [-0.3, -0.25) is 9.78 Å². The maximum atomic E-state index is 12.6. The quantitative estimate of drug-likeness (QED) is 0.402. The first kappa shape index (κ1) is 19.0. The Morgan fingerprint density at radius 3 is 2.54 bits per heavy atom.